The largest absolute Gasteiger partial charge is 0.478 e. The van der Waals surface area contributed by atoms with Crippen LogP contribution in [-0.2, 0) is 11.2 Å². The molecule has 1 amide bonds. The zero-order valence-electron chi connectivity index (χ0n) is 11.8. The molecule has 2 rings (SSSR count). The Morgan fingerprint density at radius 2 is 2.00 bits per heavy atom. The first-order valence-corrected chi connectivity index (χ1v) is 7.14. The van der Waals surface area contributed by atoms with Gasteiger partial charge in [0.1, 0.15) is 0 Å². The molecule has 20 heavy (non-hydrogen) atoms. The highest BCUT2D eigenvalue weighted by atomic mass is 16.4. The van der Waals surface area contributed by atoms with Gasteiger partial charge in [0.05, 0.1) is 12.0 Å². The van der Waals surface area contributed by atoms with E-state index in [9.17, 15) is 9.59 Å². The summed E-state index contributed by atoms with van der Waals surface area (Å²) in [5, 5.41) is 12.1. The van der Waals surface area contributed by atoms with Gasteiger partial charge >= 0.3 is 5.97 Å². The lowest BCUT2D eigenvalue weighted by Gasteiger charge is -2.41. The average molecular weight is 275 g/mol. The molecule has 0 atom stereocenters. The van der Waals surface area contributed by atoms with Gasteiger partial charge < -0.3 is 10.4 Å². The van der Waals surface area contributed by atoms with E-state index in [-0.39, 0.29) is 23.3 Å². The van der Waals surface area contributed by atoms with Gasteiger partial charge in [0.2, 0.25) is 5.91 Å². The van der Waals surface area contributed by atoms with Crippen molar-refractivity contribution in [2.24, 2.45) is 5.41 Å². The van der Waals surface area contributed by atoms with Crippen LogP contribution in [0.15, 0.2) is 24.3 Å². The molecule has 1 fully saturated rings. The topological polar surface area (TPSA) is 66.4 Å². The van der Waals surface area contributed by atoms with Crippen LogP contribution in [0, 0.1) is 5.41 Å². The number of hydrogen-bond acceptors (Lipinski definition) is 2. The lowest BCUT2D eigenvalue weighted by atomic mass is 9.67. The van der Waals surface area contributed by atoms with Crippen molar-refractivity contribution in [1.82, 2.24) is 5.32 Å². The fourth-order valence-corrected chi connectivity index (χ4v) is 2.74. The first-order chi connectivity index (χ1) is 9.56. The second-order valence-electron chi connectivity index (χ2n) is 5.62. The molecule has 1 aromatic rings. The molecule has 1 saturated carbocycles. The van der Waals surface area contributed by atoms with E-state index in [1.54, 1.807) is 18.2 Å². The van der Waals surface area contributed by atoms with Gasteiger partial charge in [-0.25, -0.2) is 4.79 Å². The summed E-state index contributed by atoms with van der Waals surface area (Å²) in [6.45, 7) is 2.86. The summed E-state index contributed by atoms with van der Waals surface area (Å²) >= 11 is 0. The molecule has 108 valence electrons. The molecule has 0 radical (unpaired) electrons. The van der Waals surface area contributed by atoms with Gasteiger partial charge in [0.15, 0.2) is 0 Å². The van der Waals surface area contributed by atoms with Crippen LogP contribution in [-0.4, -0.2) is 23.5 Å². The standard InChI is InChI=1S/C16H21NO3/c1-2-16(8-5-9-16)11-17-14(18)10-12-6-3-4-7-13(12)15(19)20/h3-4,6-7H,2,5,8-11H2,1H3,(H,17,18)(H,19,20). The van der Waals surface area contributed by atoms with Crippen molar-refractivity contribution in [3.8, 4) is 0 Å². The predicted octanol–water partition coefficient (Wildman–Crippen LogP) is 2.62. The Bertz CT molecular complexity index is 501. The quantitative estimate of drug-likeness (QED) is 0.838. The third kappa shape index (κ3) is 3.18. The summed E-state index contributed by atoms with van der Waals surface area (Å²) in [5.41, 5.74) is 1.05. The molecule has 1 aromatic carbocycles. The van der Waals surface area contributed by atoms with Crippen molar-refractivity contribution in [2.75, 3.05) is 6.54 Å². The lowest BCUT2D eigenvalue weighted by Crippen LogP contribution is -2.42. The number of benzene rings is 1. The van der Waals surface area contributed by atoms with Gasteiger partial charge in [-0.15, -0.1) is 0 Å². The van der Waals surface area contributed by atoms with Crippen molar-refractivity contribution < 1.29 is 14.7 Å². The number of carboxylic acids is 1. The molecule has 2 N–H and O–H groups in total. The van der Waals surface area contributed by atoms with E-state index in [1.807, 2.05) is 0 Å². The zero-order valence-corrected chi connectivity index (χ0v) is 11.8. The van der Waals surface area contributed by atoms with Gasteiger partial charge in [-0.2, -0.15) is 0 Å². The van der Waals surface area contributed by atoms with E-state index in [0.717, 1.165) is 6.42 Å². The Hall–Kier alpha value is -1.84. The highest BCUT2D eigenvalue weighted by Gasteiger charge is 2.35. The Morgan fingerprint density at radius 1 is 1.30 bits per heavy atom. The summed E-state index contributed by atoms with van der Waals surface area (Å²) in [6, 6.07) is 6.66. The van der Waals surface area contributed by atoms with Crippen LogP contribution in [0.4, 0.5) is 0 Å². The van der Waals surface area contributed by atoms with Crippen molar-refractivity contribution in [1.29, 1.82) is 0 Å². The highest BCUT2D eigenvalue weighted by molar-refractivity contribution is 5.91. The molecule has 0 aromatic heterocycles. The van der Waals surface area contributed by atoms with Crippen LogP contribution < -0.4 is 5.32 Å². The number of hydrogen-bond donors (Lipinski definition) is 2. The summed E-state index contributed by atoms with van der Waals surface area (Å²) in [7, 11) is 0. The van der Waals surface area contributed by atoms with Crippen LogP contribution in [0.5, 0.6) is 0 Å². The van der Waals surface area contributed by atoms with Gasteiger partial charge in [0, 0.05) is 6.54 Å². The highest BCUT2D eigenvalue weighted by Crippen LogP contribution is 2.43. The van der Waals surface area contributed by atoms with E-state index < -0.39 is 5.97 Å². The summed E-state index contributed by atoms with van der Waals surface area (Å²) in [6.07, 6.45) is 4.80. The van der Waals surface area contributed by atoms with Crippen molar-refractivity contribution in [3.05, 3.63) is 35.4 Å². The lowest BCUT2D eigenvalue weighted by molar-refractivity contribution is -0.121. The van der Waals surface area contributed by atoms with Crippen LogP contribution in [0.25, 0.3) is 0 Å². The maximum absolute atomic E-state index is 12.0. The third-order valence-corrected chi connectivity index (χ3v) is 4.42. The molecule has 0 heterocycles. The molecule has 4 nitrogen and oxygen atoms in total. The maximum Gasteiger partial charge on any atom is 0.335 e. The molecule has 0 spiro atoms. The Labute approximate surface area is 119 Å². The monoisotopic (exact) mass is 275 g/mol. The van der Waals surface area contributed by atoms with Gasteiger partial charge in [0.25, 0.3) is 0 Å². The third-order valence-electron chi connectivity index (χ3n) is 4.42. The van der Waals surface area contributed by atoms with Gasteiger partial charge in [-0.05, 0) is 36.3 Å². The second kappa shape index (κ2) is 6.07. The molecule has 0 saturated heterocycles. The molecule has 4 heteroatoms. The van der Waals surface area contributed by atoms with E-state index in [0.29, 0.717) is 12.1 Å². The molecule has 0 bridgehead atoms. The number of nitrogens with one attached hydrogen (secondary N) is 1. The number of carbonyl (C=O) groups excluding carboxylic acids is 1. The smallest absolute Gasteiger partial charge is 0.335 e. The van der Waals surface area contributed by atoms with E-state index in [4.69, 9.17) is 5.11 Å². The van der Waals surface area contributed by atoms with E-state index in [2.05, 4.69) is 12.2 Å². The summed E-state index contributed by atoms with van der Waals surface area (Å²) < 4.78 is 0. The molecule has 1 aliphatic rings. The fraction of sp³-hybridized carbons (Fsp3) is 0.500. The van der Waals surface area contributed by atoms with Crippen LogP contribution in [0.3, 0.4) is 0 Å². The number of aromatic carboxylic acids is 1. The van der Waals surface area contributed by atoms with E-state index in [1.165, 1.54) is 25.3 Å². The Kier molecular flexibility index (Phi) is 4.42. The van der Waals surface area contributed by atoms with Crippen LogP contribution in [0.1, 0.15) is 48.5 Å². The number of carboxylic acid groups (broad SMARTS) is 1. The SMILES string of the molecule is CCC1(CNC(=O)Cc2ccccc2C(=O)O)CCC1. The summed E-state index contributed by atoms with van der Waals surface area (Å²) in [5.74, 6) is -1.09. The molecular weight excluding hydrogens is 254 g/mol. The molecule has 0 aliphatic heterocycles. The number of amides is 1. The minimum absolute atomic E-state index is 0.0987. The summed E-state index contributed by atoms with van der Waals surface area (Å²) in [4.78, 5) is 23.1. The van der Waals surface area contributed by atoms with Gasteiger partial charge in [-0.1, -0.05) is 31.5 Å². The minimum Gasteiger partial charge on any atom is -0.478 e. The second-order valence-corrected chi connectivity index (χ2v) is 5.62. The van der Waals surface area contributed by atoms with Crippen LogP contribution >= 0.6 is 0 Å². The van der Waals surface area contributed by atoms with Crippen molar-refractivity contribution >= 4 is 11.9 Å². The minimum atomic E-state index is -0.988. The van der Waals surface area contributed by atoms with Gasteiger partial charge in [-0.3, -0.25) is 4.79 Å². The normalized spacial score (nSPS) is 16.2. The first kappa shape index (κ1) is 14.6. The van der Waals surface area contributed by atoms with E-state index >= 15 is 0 Å². The van der Waals surface area contributed by atoms with Crippen molar-refractivity contribution in [3.63, 3.8) is 0 Å². The Balaban J connectivity index is 1.93. The van der Waals surface area contributed by atoms with Crippen LogP contribution in [0.2, 0.25) is 0 Å². The molecular formula is C16H21NO3. The number of carbonyl (C=O) groups is 2. The number of rotatable bonds is 6. The fourth-order valence-electron chi connectivity index (χ4n) is 2.74. The molecule has 0 unspecified atom stereocenters. The maximum atomic E-state index is 12.0. The Morgan fingerprint density at radius 3 is 2.55 bits per heavy atom. The van der Waals surface area contributed by atoms with Crippen molar-refractivity contribution in [2.45, 2.75) is 39.0 Å². The molecule has 1 aliphatic carbocycles. The first-order valence-electron chi connectivity index (χ1n) is 7.14. The predicted molar refractivity (Wildman–Crippen MR) is 76.7 cm³/mol. The zero-order chi connectivity index (χ0) is 14.6. The average Bonchev–Trinajstić information content (AvgIpc) is 2.38.